The Bertz CT molecular complexity index is 1030. The smallest absolute Gasteiger partial charge is 0.177 e. The molecule has 1 aromatic heterocycles. The van der Waals surface area contributed by atoms with Gasteiger partial charge in [0.05, 0.1) is 17.4 Å². The van der Waals surface area contributed by atoms with Crippen LogP contribution in [0.1, 0.15) is 36.1 Å². The van der Waals surface area contributed by atoms with Crippen molar-refractivity contribution < 1.29 is 0 Å². The lowest BCUT2D eigenvalue weighted by atomic mass is 10.1. The molecule has 2 aromatic carbocycles. The third-order valence-corrected chi connectivity index (χ3v) is 6.14. The average molecular weight is 407 g/mol. The third-order valence-electron chi connectivity index (χ3n) is 5.00. The van der Waals surface area contributed by atoms with Crippen LogP contribution in [0.5, 0.6) is 0 Å². The van der Waals surface area contributed by atoms with Crippen molar-refractivity contribution in [2.24, 2.45) is 5.10 Å². The van der Waals surface area contributed by atoms with Crippen LogP contribution in [0.25, 0.3) is 5.69 Å². The summed E-state index contributed by atoms with van der Waals surface area (Å²) in [5, 5.41) is 12.3. The van der Waals surface area contributed by atoms with Crippen LogP contribution >= 0.6 is 11.8 Å². The predicted molar refractivity (Wildman–Crippen MR) is 119 cm³/mol. The Hall–Kier alpha value is -2.77. The van der Waals surface area contributed by atoms with E-state index in [0.29, 0.717) is 0 Å². The minimum absolute atomic E-state index is 0.251. The first-order chi connectivity index (χ1) is 14.0. The van der Waals surface area contributed by atoms with E-state index in [1.165, 1.54) is 16.7 Å². The zero-order valence-electron chi connectivity index (χ0n) is 17.2. The highest BCUT2D eigenvalue weighted by molar-refractivity contribution is 7.98. The average Bonchev–Trinajstić information content (AvgIpc) is 3.36. The van der Waals surface area contributed by atoms with E-state index in [1.54, 1.807) is 11.8 Å². The van der Waals surface area contributed by atoms with Crippen molar-refractivity contribution in [1.82, 2.24) is 25.9 Å². The van der Waals surface area contributed by atoms with E-state index in [1.807, 2.05) is 22.0 Å². The number of benzene rings is 2. The molecule has 0 atom stereocenters. The molecule has 0 fully saturated rings. The van der Waals surface area contributed by atoms with Crippen molar-refractivity contribution in [3.05, 3.63) is 77.0 Å². The second-order valence-corrected chi connectivity index (χ2v) is 8.40. The maximum absolute atomic E-state index is 4.74. The monoisotopic (exact) mass is 406 g/mol. The Balaban J connectivity index is 1.75. The number of hydrazine groups is 2. The summed E-state index contributed by atoms with van der Waals surface area (Å²) in [6, 6.07) is 17.2. The predicted octanol–water partition coefficient (Wildman–Crippen LogP) is 4.18. The van der Waals surface area contributed by atoms with E-state index in [0.717, 1.165) is 27.9 Å². The summed E-state index contributed by atoms with van der Waals surface area (Å²) in [6.45, 7) is 8.51. The molecule has 0 aliphatic carbocycles. The molecule has 3 aromatic rings. The maximum atomic E-state index is 4.74. The Morgan fingerprint density at radius 1 is 1.03 bits per heavy atom. The molecule has 1 aliphatic heterocycles. The fraction of sp³-hybridized carbons (Fsp3) is 0.273. The number of thioether (sulfide) groups is 1. The van der Waals surface area contributed by atoms with E-state index in [2.05, 4.69) is 86.3 Å². The number of aromatic nitrogens is 2. The highest BCUT2D eigenvalue weighted by atomic mass is 32.2. The van der Waals surface area contributed by atoms with E-state index in [4.69, 9.17) is 5.10 Å². The summed E-state index contributed by atoms with van der Waals surface area (Å²) in [4.78, 5) is 0. The maximum Gasteiger partial charge on any atom is 0.177 e. The Kier molecular flexibility index (Phi) is 5.60. The van der Waals surface area contributed by atoms with E-state index < -0.39 is 0 Å². The van der Waals surface area contributed by atoms with Crippen LogP contribution < -0.4 is 11.1 Å². The minimum Gasteiger partial charge on any atom is -0.268 e. The fourth-order valence-electron chi connectivity index (χ4n) is 3.20. The molecule has 150 valence electrons. The second kappa shape index (κ2) is 8.31. The van der Waals surface area contributed by atoms with Crippen LogP contribution in [0.15, 0.2) is 64.9 Å². The Labute approximate surface area is 175 Å². The SMILES string of the molecule is Cc1ccc(-n2ncc(C3=NNNN3C(C)C)c2SCc2ccccc2)cc1C. The van der Waals surface area contributed by atoms with Crippen LogP contribution in [0.3, 0.4) is 0 Å². The van der Waals surface area contributed by atoms with Crippen molar-refractivity contribution in [3.63, 3.8) is 0 Å². The molecule has 0 radical (unpaired) electrons. The molecule has 4 rings (SSSR count). The summed E-state index contributed by atoms with van der Waals surface area (Å²) in [5.41, 5.74) is 11.9. The Morgan fingerprint density at radius 3 is 2.55 bits per heavy atom. The van der Waals surface area contributed by atoms with Crippen LogP contribution in [0.4, 0.5) is 0 Å². The summed E-state index contributed by atoms with van der Waals surface area (Å²) in [7, 11) is 0. The number of rotatable bonds is 6. The van der Waals surface area contributed by atoms with Gasteiger partial charge >= 0.3 is 0 Å². The molecule has 0 saturated heterocycles. The summed E-state index contributed by atoms with van der Waals surface area (Å²) < 4.78 is 2.02. The van der Waals surface area contributed by atoms with Crippen molar-refractivity contribution >= 4 is 17.6 Å². The molecular weight excluding hydrogens is 380 g/mol. The highest BCUT2D eigenvalue weighted by Gasteiger charge is 2.27. The first-order valence-electron chi connectivity index (χ1n) is 9.75. The molecule has 0 amide bonds. The van der Waals surface area contributed by atoms with Gasteiger partial charge in [-0.25, -0.2) is 10.2 Å². The van der Waals surface area contributed by atoms with Gasteiger partial charge in [0.15, 0.2) is 5.84 Å². The van der Waals surface area contributed by atoms with Crippen LogP contribution in [0.2, 0.25) is 0 Å². The number of hydrogen-bond acceptors (Lipinski definition) is 6. The number of amidine groups is 1. The third kappa shape index (κ3) is 4.02. The lowest BCUT2D eigenvalue weighted by molar-refractivity contribution is 0.246. The fourth-order valence-corrected chi connectivity index (χ4v) is 4.27. The lowest BCUT2D eigenvalue weighted by Crippen LogP contribution is -2.45. The van der Waals surface area contributed by atoms with Crippen molar-refractivity contribution in [2.75, 3.05) is 0 Å². The lowest BCUT2D eigenvalue weighted by Gasteiger charge is -2.23. The number of hydrogen-bond donors (Lipinski definition) is 2. The molecule has 7 heteroatoms. The summed E-state index contributed by atoms with van der Waals surface area (Å²) in [5.74, 6) is 1.71. The first kappa shape index (κ1) is 19.5. The standard InChI is InChI=1S/C22H26N6S/c1-15(2)27-21(24-25-26-27)20-13-23-28(19-11-10-16(3)17(4)12-19)22(20)29-14-18-8-6-5-7-9-18/h5-13,15,25-26H,14H2,1-4H3. The highest BCUT2D eigenvalue weighted by Crippen LogP contribution is 2.31. The quantitative estimate of drug-likeness (QED) is 0.602. The number of hydrazone groups is 1. The van der Waals surface area contributed by atoms with Crippen LogP contribution in [-0.2, 0) is 5.75 Å². The van der Waals surface area contributed by atoms with Gasteiger partial charge in [-0.15, -0.1) is 22.4 Å². The van der Waals surface area contributed by atoms with Gasteiger partial charge in [0.1, 0.15) is 5.03 Å². The van der Waals surface area contributed by atoms with Gasteiger partial charge in [-0.3, -0.25) is 5.01 Å². The van der Waals surface area contributed by atoms with Gasteiger partial charge in [-0.1, -0.05) is 36.4 Å². The van der Waals surface area contributed by atoms with Crippen LogP contribution in [0, 0.1) is 13.8 Å². The van der Waals surface area contributed by atoms with Gasteiger partial charge in [0.25, 0.3) is 0 Å². The van der Waals surface area contributed by atoms with Gasteiger partial charge in [-0.05, 0) is 56.5 Å². The molecule has 1 aliphatic rings. The molecule has 0 spiro atoms. The summed E-state index contributed by atoms with van der Waals surface area (Å²) in [6.07, 6.45) is 1.91. The van der Waals surface area contributed by atoms with Gasteiger partial charge in [0, 0.05) is 11.8 Å². The second-order valence-electron chi connectivity index (χ2n) is 7.44. The normalized spacial score (nSPS) is 13.7. The molecule has 2 N–H and O–H groups in total. The first-order valence-corrected chi connectivity index (χ1v) is 10.7. The molecule has 29 heavy (non-hydrogen) atoms. The van der Waals surface area contributed by atoms with E-state index in [9.17, 15) is 0 Å². The summed E-state index contributed by atoms with van der Waals surface area (Å²) >= 11 is 1.78. The van der Waals surface area contributed by atoms with Crippen molar-refractivity contribution in [1.29, 1.82) is 0 Å². The molecular formula is C22H26N6S. The van der Waals surface area contributed by atoms with Gasteiger partial charge in [0.2, 0.25) is 0 Å². The molecule has 0 saturated carbocycles. The molecule has 0 unspecified atom stereocenters. The number of nitrogens with one attached hydrogen (secondary N) is 2. The zero-order valence-corrected chi connectivity index (χ0v) is 18.0. The van der Waals surface area contributed by atoms with Gasteiger partial charge in [-0.2, -0.15) is 5.10 Å². The Morgan fingerprint density at radius 2 is 1.83 bits per heavy atom. The van der Waals surface area contributed by atoms with E-state index in [-0.39, 0.29) is 6.04 Å². The minimum atomic E-state index is 0.251. The molecule has 6 nitrogen and oxygen atoms in total. The topological polar surface area (TPSA) is 57.5 Å². The van der Waals surface area contributed by atoms with E-state index >= 15 is 0 Å². The zero-order chi connectivity index (χ0) is 20.4. The van der Waals surface area contributed by atoms with Crippen molar-refractivity contribution in [2.45, 2.75) is 44.5 Å². The number of nitrogens with zero attached hydrogens (tertiary/aromatic N) is 4. The van der Waals surface area contributed by atoms with Crippen molar-refractivity contribution in [3.8, 4) is 5.69 Å². The largest absolute Gasteiger partial charge is 0.268 e. The molecule has 0 bridgehead atoms. The van der Waals surface area contributed by atoms with Crippen LogP contribution in [-0.4, -0.2) is 26.7 Å². The van der Waals surface area contributed by atoms with Gasteiger partial charge < -0.3 is 0 Å². The number of aryl methyl sites for hydroxylation is 2. The molecule has 2 heterocycles.